The molecule has 0 fully saturated rings. The van der Waals surface area contributed by atoms with Crippen molar-refractivity contribution in [2.45, 2.75) is 26.8 Å². The van der Waals surface area contributed by atoms with Crippen molar-refractivity contribution in [1.82, 2.24) is 0 Å². The van der Waals surface area contributed by atoms with Crippen molar-refractivity contribution in [3.63, 3.8) is 0 Å². The van der Waals surface area contributed by atoms with Gasteiger partial charge >= 0.3 is 0 Å². The van der Waals surface area contributed by atoms with Crippen molar-refractivity contribution in [3.8, 4) is 5.75 Å². The van der Waals surface area contributed by atoms with Gasteiger partial charge in [0.2, 0.25) is 0 Å². The van der Waals surface area contributed by atoms with Gasteiger partial charge in [-0.05, 0) is 38.5 Å². The normalized spacial score (nSPS) is 12.4. The molecule has 0 amide bonds. The fourth-order valence-electron chi connectivity index (χ4n) is 1.93. The Morgan fingerprint density at radius 3 is 2.61 bits per heavy atom. The molecular weight excluding hydrogens is 242 g/mol. The second-order valence-corrected chi connectivity index (χ2v) is 5.62. The molecule has 0 aliphatic heterocycles. The molecule has 0 saturated carbocycles. The Balaban J connectivity index is 2.36. The second-order valence-electron chi connectivity index (χ2n) is 4.34. The first-order valence-electron chi connectivity index (χ1n) is 6.17. The monoisotopic (exact) mass is 261 g/mol. The molecule has 2 aromatic rings. The highest BCUT2D eigenvalue weighted by molar-refractivity contribution is 7.12. The van der Waals surface area contributed by atoms with Crippen LogP contribution in [-0.4, -0.2) is 6.61 Å². The first kappa shape index (κ1) is 13.1. The molecule has 1 atom stereocenters. The van der Waals surface area contributed by atoms with Gasteiger partial charge in [0, 0.05) is 15.3 Å². The summed E-state index contributed by atoms with van der Waals surface area (Å²) in [6.07, 6.45) is 0. The zero-order valence-corrected chi connectivity index (χ0v) is 11.9. The van der Waals surface area contributed by atoms with E-state index in [0.717, 1.165) is 11.3 Å². The zero-order chi connectivity index (χ0) is 13.1. The third-order valence-electron chi connectivity index (χ3n) is 3.05. The highest BCUT2D eigenvalue weighted by atomic mass is 32.1. The van der Waals surface area contributed by atoms with Crippen LogP contribution in [0.5, 0.6) is 5.75 Å². The Morgan fingerprint density at radius 1 is 1.28 bits per heavy atom. The molecule has 0 spiro atoms. The standard InChI is InChI=1S/C15H19NOS/c1-4-17-13-8-6-5-7-12(13)15(16)14-9-10(2)11(3)18-14/h5-9,15H,4,16H2,1-3H3. The summed E-state index contributed by atoms with van der Waals surface area (Å²) >= 11 is 1.76. The van der Waals surface area contributed by atoms with Crippen molar-refractivity contribution in [1.29, 1.82) is 0 Å². The summed E-state index contributed by atoms with van der Waals surface area (Å²) in [4.78, 5) is 2.52. The molecule has 3 heteroatoms. The van der Waals surface area contributed by atoms with E-state index in [2.05, 4.69) is 19.9 Å². The third kappa shape index (κ3) is 2.57. The molecule has 0 bridgehead atoms. The molecule has 0 aliphatic rings. The molecule has 1 unspecified atom stereocenters. The van der Waals surface area contributed by atoms with E-state index in [1.54, 1.807) is 11.3 Å². The minimum atomic E-state index is -0.106. The van der Waals surface area contributed by atoms with Gasteiger partial charge in [-0.25, -0.2) is 0 Å². The second kappa shape index (κ2) is 5.55. The SMILES string of the molecule is CCOc1ccccc1C(N)c1cc(C)c(C)s1. The maximum atomic E-state index is 6.36. The van der Waals surface area contributed by atoms with Crippen LogP contribution in [0.4, 0.5) is 0 Å². The average Bonchev–Trinajstić information content (AvgIpc) is 2.70. The molecule has 2 rings (SSSR count). The molecule has 1 aromatic carbocycles. The Labute approximate surface area is 112 Å². The minimum Gasteiger partial charge on any atom is -0.494 e. The lowest BCUT2D eigenvalue weighted by atomic mass is 10.0. The predicted molar refractivity (Wildman–Crippen MR) is 77.4 cm³/mol. The van der Waals surface area contributed by atoms with Gasteiger partial charge < -0.3 is 10.5 Å². The van der Waals surface area contributed by atoms with Crippen LogP contribution in [0.2, 0.25) is 0 Å². The minimum absolute atomic E-state index is 0.106. The number of nitrogens with two attached hydrogens (primary N) is 1. The van der Waals surface area contributed by atoms with Gasteiger partial charge in [-0.3, -0.25) is 0 Å². The molecule has 1 heterocycles. The van der Waals surface area contributed by atoms with Gasteiger partial charge in [-0.15, -0.1) is 11.3 Å². The molecule has 2 N–H and O–H groups in total. The van der Waals surface area contributed by atoms with E-state index < -0.39 is 0 Å². The summed E-state index contributed by atoms with van der Waals surface area (Å²) < 4.78 is 5.64. The third-order valence-corrected chi connectivity index (χ3v) is 4.28. The van der Waals surface area contributed by atoms with Gasteiger partial charge in [-0.1, -0.05) is 18.2 Å². The molecule has 18 heavy (non-hydrogen) atoms. The van der Waals surface area contributed by atoms with Gasteiger partial charge in [0.1, 0.15) is 5.75 Å². The van der Waals surface area contributed by atoms with E-state index in [9.17, 15) is 0 Å². The predicted octanol–water partition coefficient (Wildman–Crippen LogP) is 3.81. The van der Waals surface area contributed by atoms with Crippen molar-refractivity contribution < 1.29 is 4.74 Å². The highest BCUT2D eigenvalue weighted by Gasteiger charge is 2.16. The number of rotatable bonds is 4. The van der Waals surface area contributed by atoms with Gasteiger partial charge in [0.05, 0.1) is 12.6 Å². The number of benzene rings is 1. The fraction of sp³-hybridized carbons (Fsp3) is 0.333. The van der Waals surface area contributed by atoms with Crippen LogP contribution in [0, 0.1) is 13.8 Å². The molecule has 0 saturated heterocycles. The first-order valence-corrected chi connectivity index (χ1v) is 6.99. The zero-order valence-electron chi connectivity index (χ0n) is 11.1. The van der Waals surface area contributed by atoms with Crippen molar-refractivity contribution in [3.05, 3.63) is 51.2 Å². The summed E-state index contributed by atoms with van der Waals surface area (Å²) in [5, 5.41) is 0. The van der Waals surface area contributed by atoms with Crippen LogP contribution in [0.15, 0.2) is 30.3 Å². The van der Waals surface area contributed by atoms with Crippen LogP contribution in [0.1, 0.15) is 33.8 Å². The van der Waals surface area contributed by atoms with Crippen molar-refractivity contribution >= 4 is 11.3 Å². The quantitative estimate of drug-likeness (QED) is 0.908. The van der Waals surface area contributed by atoms with Crippen LogP contribution in [-0.2, 0) is 0 Å². The number of aryl methyl sites for hydroxylation is 2. The van der Waals surface area contributed by atoms with Gasteiger partial charge in [-0.2, -0.15) is 0 Å². The van der Waals surface area contributed by atoms with E-state index in [-0.39, 0.29) is 6.04 Å². The molecule has 96 valence electrons. The number of hydrogen-bond donors (Lipinski definition) is 1. The first-order chi connectivity index (χ1) is 8.63. The van der Waals surface area contributed by atoms with Crippen LogP contribution >= 0.6 is 11.3 Å². The van der Waals surface area contributed by atoms with E-state index in [1.165, 1.54) is 15.3 Å². The van der Waals surface area contributed by atoms with Gasteiger partial charge in [0.25, 0.3) is 0 Å². The van der Waals surface area contributed by atoms with Crippen LogP contribution < -0.4 is 10.5 Å². The summed E-state index contributed by atoms with van der Waals surface area (Å²) in [7, 11) is 0. The number of ether oxygens (including phenoxy) is 1. The van der Waals surface area contributed by atoms with Crippen LogP contribution in [0.3, 0.4) is 0 Å². The molecule has 2 nitrogen and oxygen atoms in total. The molecule has 0 radical (unpaired) electrons. The summed E-state index contributed by atoms with van der Waals surface area (Å²) in [6, 6.07) is 10.1. The Hall–Kier alpha value is -1.32. The number of hydrogen-bond acceptors (Lipinski definition) is 3. The molecule has 1 aromatic heterocycles. The molecule has 0 aliphatic carbocycles. The van der Waals surface area contributed by atoms with Crippen LogP contribution in [0.25, 0.3) is 0 Å². The fourth-order valence-corrected chi connectivity index (χ4v) is 3.00. The van der Waals surface area contributed by atoms with E-state index in [4.69, 9.17) is 10.5 Å². The van der Waals surface area contributed by atoms with E-state index in [1.807, 2.05) is 31.2 Å². The average molecular weight is 261 g/mol. The lowest BCUT2D eigenvalue weighted by molar-refractivity contribution is 0.335. The van der Waals surface area contributed by atoms with Crippen molar-refractivity contribution in [2.24, 2.45) is 5.73 Å². The summed E-state index contributed by atoms with van der Waals surface area (Å²) in [6.45, 7) is 6.90. The Kier molecular flexibility index (Phi) is 4.04. The smallest absolute Gasteiger partial charge is 0.124 e. The summed E-state index contributed by atoms with van der Waals surface area (Å²) in [5.41, 5.74) is 8.72. The molecular formula is C15H19NOS. The topological polar surface area (TPSA) is 35.2 Å². The van der Waals surface area contributed by atoms with E-state index in [0.29, 0.717) is 6.61 Å². The van der Waals surface area contributed by atoms with Crippen molar-refractivity contribution in [2.75, 3.05) is 6.61 Å². The number of thiophene rings is 1. The summed E-state index contributed by atoms with van der Waals surface area (Å²) in [5.74, 6) is 0.885. The number of para-hydroxylation sites is 1. The maximum Gasteiger partial charge on any atom is 0.124 e. The Bertz CT molecular complexity index is 514. The Morgan fingerprint density at radius 2 is 2.00 bits per heavy atom. The highest BCUT2D eigenvalue weighted by Crippen LogP contribution is 2.33. The van der Waals surface area contributed by atoms with Gasteiger partial charge in [0.15, 0.2) is 0 Å². The lowest BCUT2D eigenvalue weighted by Gasteiger charge is -2.15. The lowest BCUT2D eigenvalue weighted by Crippen LogP contribution is -2.12. The maximum absolute atomic E-state index is 6.36. The largest absolute Gasteiger partial charge is 0.494 e. The van der Waals surface area contributed by atoms with E-state index >= 15 is 0 Å².